The van der Waals surface area contributed by atoms with Gasteiger partial charge in [0.05, 0.1) is 18.2 Å². The number of aromatic nitrogens is 1. The van der Waals surface area contributed by atoms with Gasteiger partial charge in [0.2, 0.25) is 0 Å². The van der Waals surface area contributed by atoms with Crippen molar-refractivity contribution in [3.8, 4) is 16.5 Å². The third-order valence-corrected chi connectivity index (χ3v) is 8.55. The van der Waals surface area contributed by atoms with Crippen molar-refractivity contribution in [1.82, 2.24) is 19.8 Å². The van der Waals surface area contributed by atoms with Crippen molar-refractivity contribution >= 4 is 55.3 Å². The molecular weight excluding hydrogens is 554 g/mol. The Morgan fingerprint density at radius 2 is 1.98 bits per heavy atom. The fraction of sp³-hybridized carbons (Fsp3) is 0.407. The molecule has 210 valence electrons. The average molecular weight is 584 g/mol. The van der Waals surface area contributed by atoms with Gasteiger partial charge < -0.3 is 14.5 Å². The van der Waals surface area contributed by atoms with Gasteiger partial charge >= 0.3 is 17.9 Å². The van der Waals surface area contributed by atoms with Gasteiger partial charge in [-0.05, 0) is 63.1 Å². The Morgan fingerprint density at radius 3 is 2.70 bits per heavy atom. The van der Waals surface area contributed by atoms with E-state index >= 15 is 0 Å². The summed E-state index contributed by atoms with van der Waals surface area (Å²) in [6, 6.07) is 10.6. The average Bonchev–Trinajstić information content (AvgIpc) is 3.45. The molecule has 4 heterocycles. The first-order chi connectivity index (χ1) is 19.0. The monoisotopic (exact) mass is 583 g/mol. The molecule has 1 saturated heterocycles. The number of ether oxygens (including phenoxy) is 1. The van der Waals surface area contributed by atoms with E-state index in [9.17, 15) is 19.6 Å². The SMILES string of the molecule is Cn1c(=O)oc2ccc(-c3cc4sc(CC(C#N)NC(=O)N5CN(C(=O)OC(C)(C)C)CCCO5)cc4s3)cc21. The first-order valence-electron chi connectivity index (χ1n) is 12.7. The Kier molecular flexibility index (Phi) is 7.59. The second-order valence-corrected chi connectivity index (χ2v) is 12.7. The minimum absolute atomic E-state index is 0.102. The molecule has 0 bridgehead atoms. The van der Waals surface area contributed by atoms with E-state index in [1.165, 1.54) is 9.47 Å². The topological polar surface area (TPSA) is 130 Å². The Balaban J connectivity index is 1.24. The Morgan fingerprint density at radius 1 is 1.20 bits per heavy atom. The number of benzene rings is 1. The Bertz CT molecular complexity index is 1640. The van der Waals surface area contributed by atoms with Crippen molar-refractivity contribution in [1.29, 1.82) is 5.26 Å². The minimum atomic E-state index is -0.786. The molecule has 0 radical (unpaired) electrons. The number of urea groups is 1. The van der Waals surface area contributed by atoms with Crippen LogP contribution < -0.4 is 11.1 Å². The number of hydrogen-bond acceptors (Lipinski definition) is 9. The summed E-state index contributed by atoms with van der Waals surface area (Å²) in [5, 5.41) is 13.5. The highest BCUT2D eigenvalue weighted by Gasteiger charge is 2.29. The number of carbonyl (C=O) groups excluding carboxylic acids is 2. The molecule has 13 heteroatoms. The number of rotatable bonds is 4. The lowest BCUT2D eigenvalue weighted by Crippen LogP contribution is -2.49. The summed E-state index contributed by atoms with van der Waals surface area (Å²) >= 11 is 3.18. The molecule has 0 saturated carbocycles. The van der Waals surface area contributed by atoms with Crippen molar-refractivity contribution in [3.05, 3.63) is 45.8 Å². The van der Waals surface area contributed by atoms with E-state index in [4.69, 9.17) is 14.0 Å². The van der Waals surface area contributed by atoms with Gasteiger partial charge in [0, 0.05) is 39.2 Å². The van der Waals surface area contributed by atoms with Gasteiger partial charge in [-0.15, -0.1) is 22.7 Å². The molecule has 5 rings (SSSR count). The van der Waals surface area contributed by atoms with Gasteiger partial charge in [0.15, 0.2) is 5.58 Å². The smallest absolute Gasteiger partial charge is 0.419 e. The van der Waals surface area contributed by atoms with Crippen LogP contribution in [0, 0.1) is 11.3 Å². The molecule has 3 aromatic heterocycles. The first kappa shape index (κ1) is 27.7. The number of nitrogens with zero attached hydrogens (tertiary/aromatic N) is 4. The summed E-state index contributed by atoms with van der Waals surface area (Å²) in [6.45, 7) is 5.89. The summed E-state index contributed by atoms with van der Waals surface area (Å²) < 4.78 is 14.3. The zero-order valence-corrected chi connectivity index (χ0v) is 24.2. The number of oxazole rings is 1. The van der Waals surface area contributed by atoms with E-state index < -0.39 is 29.5 Å². The fourth-order valence-electron chi connectivity index (χ4n) is 4.25. The standard InChI is InChI=1S/C27H29N5O6S2/c1-27(2,3)38-26(35)31-8-5-9-36-32(15-31)24(33)29-17(14-28)11-18-12-22-23(39-18)13-21(40-22)16-6-7-20-19(10-16)30(4)25(34)37-20/h6-7,10,12-13,17H,5,8-9,11,15H2,1-4H3,(H,29,33). The number of carbonyl (C=O) groups is 2. The maximum atomic E-state index is 12.9. The molecule has 3 amide bonds. The van der Waals surface area contributed by atoms with E-state index in [2.05, 4.69) is 17.5 Å². The van der Waals surface area contributed by atoms with Gasteiger partial charge in [0.1, 0.15) is 18.3 Å². The summed E-state index contributed by atoms with van der Waals surface area (Å²) in [6.07, 6.45) is 0.350. The molecule has 40 heavy (non-hydrogen) atoms. The molecule has 1 unspecified atom stereocenters. The number of nitrogens with one attached hydrogen (secondary N) is 1. The van der Waals surface area contributed by atoms with Gasteiger partial charge in [-0.25, -0.2) is 14.4 Å². The highest BCUT2D eigenvalue weighted by molar-refractivity contribution is 7.29. The predicted octanol–water partition coefficient (Wildman–Crippen LogP) is 5.05. The molecule has 0 spiro atoms. The van der Waals surface area contributed by atoms with Crippen molar-refractivity contribution in [2.24, 2.45) is 7.05 Å². The first-order valence-corrected chi connectivity index (χ1v) is 14.3. The molecule has 1 N–H and O–H groups in total. The van der Waals surface area contributed by atoms with Crippen LogP contribution in [0.3, 0.4) is 0 Å². The van der Waals surface area contributed by atoms with Crippen LogP contribution >= 0.6 is 22.7 Å². The summed E-state index contributed by atoms with van der Waals surface area (Å²) in [5.74, 6) is -0.397. The molecular formula is C27H29N5O6S2. The summed E-state index contributed by atoms with van der Waals surface area (Å²) in [5.41, 5.74) is 1.60. The van der Waals surface area contributed by atoms with E-state index in [0.717, 1.165) is 35.3 Å². The van der Waals surface area contributed by atoms with Crippen molar-refractivity contribution in [2.45, 2.75) is 45.3 Å². The second-order valence-electron chi connectivity index (χ2n) is 10.4. The van der Waals surface area contributed by atoms with Crippen LogP contribution in [0.1, 0.15) is 32.1 Å². The lowest BCUT2D eigenvalue weighted by molar-refractivity contribution is -0.124. The van der Waals surface area contributed by atoms with Crippen molar-refractivity contribution in [3.63, 3.8) is 0 Å². The van der Waals surface area contributed by atoms with Crippen LogP contribution in [0.5, 0.6) is 0 Å². The second kappa shape index (κ2) is 11.0. The quantitative estimate of drug-likeness (QED) is 0.356. The number of amides is 3. The van der Waals surface area contributed by atoms with Gasteiger partial charge in [-0.1, -0.05) is 0 Å². The number of aryl methyl sites for hydroxylation is 1. The molecule has 0 aliphatic carbocycles. The maximum absolute atomic E-state index is 12.9. The molecule has 1 fully saturated rings. The van der Waals surface area contributed by atoms with E-state index in [-0.39, 0.29) is 13.3 Å². The minimum Gasteiger partial charge on any atom is -0.444 e. The molecule has 1 atom stereocenters. The lowest BCUT2D eigenvalue weighted by Gasteiger charge is -2.29. The number of fused-ring (bicyclic) bond motifs is 2. The van der Waals surface area contributed by atoms with Crippen LogP contribution in [0.4, 0.5) is 9.59 Å². The van der Waals surface area contributed by atoms with Crippen LogP contribution in [0.25, 0.3) is 30.9 Å². The van der Waals surface area contributed by atoms with Crippen LogP contribution in [0.2, 0.25) is 0 Å². The maximum Gasteiger partial charge on any atom is 0.419 e. The third kappa shape index (κ3) is 5.99. The number of hydrogen-bond donors (Lipinski definition) is 1. The molecule has 1 aliphatic rings. The molecule has 4 aromatic rings. The summed E-state index contributed by atoms with van der Waals surface area (Å²) in [4.78, 5) is 46.2. The molecule has 1 aromatic carbocycles. The van der Waals surface area contributed by atoms with Crippen LogP contribution in [-0.4, -0.2) is 58.1 Å². The van der Waals surface area contributed by atoms with E-state index in [0.29, 0.717) is 25.0 Å². The van der Waals surface area contributed by atoms with Crippen LogP contribution in [-0.2, 0) is 23.0 Å². The zero-order valence-electron chi connectivity index (χ0n) is 22.6. The van der Waals surface area contributed by atoms with Gasteiger partial charge in [0.25, 0.3) is 0 Å². The predicted molar refractivity (Wildman–Crippen MR) is 152 cm³/mol. The molecule has 11 nitrogen and oxygen atoms in total. The fourth-order valence-corrected chi connectivity index (χ4v) is 6.72. The Labute approximate surface area is 238 Å². The normalized spacial score (nSPS) is 15.2. The number of nitriles is 1. The van der Waals surface area contributed by atoms with E-state index in [1.54, 1.807) is 56.6 Å². The third-order valence-electron chi connectivity index (χ3n) is 6.19. The largest absolute Gasteiger partial charge is 0.444 e. The van der Waals surface area contributed by atoms with Gasteiger partial charge in [-0.2, -0.15) is 10.3 Å². The zero-order chi connectivity index (χ0) is 28.6. The van der Waals surface area contributed by atoms with Gasteiger partial charge in [-0.3, -0.25) is 14.3 Å². The highest BCUT2D eigenvalue weighted by Crippen LogP contribution is 2.39. The lowest BCUT2D eigenvalue weighted by atomic mass is 10.1. The highest BCUT2D eigenvalue weighted by atomic mass is 32.1. The van der Waals surface area contributed by atoms with E-state index in [1.807, 2.05) is 18.2 Å². The molecule has 1 aliphatic heterocycles. The number of thiophene rings is 2. The summed E-state index contributed by atoms with van der Waals surface area (Å²) in [7, 11) is 1.68. The van der Waals surface area contributed by atoms with Crippen molar-refractivity contribution in [2.75, 3.05) is 19.8 Å². The number of hydroxylamine groups is 2. The Hall–Kier alpha value is -3.86. The van der Waals surface area contributed by atoms with Crippen molar-refractivity contribution < 1.29 is 23.6 Å². The van der Waals surface area contributed by atoms with Crippen LogP contribution in [0.15, 0.2) is 39.5 Å².